The molecule has 2 bridgehead atoms. The van der Waals surface area contributed by atoms with Crippen LogP contribution in [0.25, 0.3) is 0 Å². The highest BCUT2D eigenvalue weighted by molar-refractivity contribution is 7.99. The fourth-order valence-corrected chi connectivity index (χ4v) is 4.98. The number of carbonyl (C=O) groups is 1. The number of hydrogen-bond acceptors (Lipinski definition) is 4. The average molecular weight is 322 g/mol. The van der Waals surface area contributed by atoms with E-state index < -0.39 is 0 Å². The van der Waals surface area contributed by atoms with Gasteiger partial charge in [-0.3, -0.25) is 4.79 Å². The summed E-state index contributed by atoms with van der Waals surface area (Å²) in [7, 11) is 0. The van der Waals surface area contributed by atoms with Crippen molar-refractivity contribution in [2.75, 3.05) is 5.75 Å². The van der Waals surface area contributed by atoms with Crippen molar-refractivity contribution in [2.24, 2.45) is 17.8 Å². The lowest BCUT2D eigenvalue weighted by Crippen LogP contribution is -2.40. The molecular formula is C16H26N4OS. The zero-order valence-electron chi connectivity index (χ0n) is 13.7. The molecule has 3 rings (SSSR count). The van der Waals surface area contributed by atoms with Crippen molar-refractivity contribution in [3.8, 4) is 0 Å². The Morgan fingerprint density at radius 1 is 1.41 bits per heavy atom. The lowest BCUT2D eigenvalue weighted by atomic mass is 9.84. The molecule has 22 heavy (non-hydrogen) atoms. The van der Waals surface area contributed by atoms with Crippen LogP contribution in [0.2, 0.25) is 0 Å². The van der Waals surface area contributed by atoms with Crippen molar-refractivity contribution in [1.29, 1.82) is 0 Å². The van der Waals surface area contributed by atoms with Gasteiger partial charge in [0, 0.05) is 12.1 Å². The summed E-state index contributed by atoms with van der Waals surface area (Å²) >= 11 is 1.47. The molecule has 1 aromatic heterocycles. The molecule has 1 aromatic rings. The highest BCUT2D eigenvalue weighted by Gasteiger charge is 2.42. The average Bonchev–Trinajstić information content (AvgIpc) is 3.20. The van der Waals surface area contributed by atoms with Crippen LogP contribution in [0.5, 0.6) is 0 Å². The Kier molecular flexibility index (Phi) is 4.76. The smallest absolute Gasteiger partial charge is 0.230 e. The van der Waals surface area contributed by atoms with Crippen LogP contribution < -0.4 is 5.32 Å². The standard InChI is InChI=1S/C16H26N4OS/c1-10(2)20-9-17-19-16(20)22-8-15(21)18-11(3)14-7-12-4-5-13(14)6-12/h9-14H,4-8H2,1-3H3,(H,18,21). The number of nitrogens with zero attached hydrogens (tertiary/aromatic N) is 3. The van der Waals surface area contributed by atoms with Crippen molar-refractivity contribution < 1.29 is 4.79 Å². The molecule has 122 valence electrons. The number of carbonyl (C=O) groups excluding carboxylic acids is 1. The van der Waals surface area contributed by atoms with Crippen LogP contribution in [0.3, 0.4) is 0 Å². The van der Waals surface area contributed by atoms with E-state index in [2.05, 4.69) is 36.3 Å². The Balaban J connectivity index is 1.47. The van der Waals surface area contributed by atoms with Crippen molar-refractivity contribution in [1.82, 2.24) is 20.1 Å². The van der Waals surface area contributed by atoms with Crippen LogP contribution in [-0.4, -0.2) is 32.5 Å². The van der Waals surface area contributed by atoms with Crippen molar-refractivity contribution in [3.05, 3.63) is 6.33 Å². The van der Waals surface area contributed by atoms with Gasteiger partial charge < -0.3 is 9.88 Å². The van der Waals surface area contributed by atoms with Gasteiger partial charge in [-0.15, -0.1) is 10.2 Å². The van der Waals surface area contributed by atoms with Crippen molar-refractivity contribution in [2.45, 2.75) is 63.7 Å². The molecule has 2 aliphatic rings. The van der Waals surface area contributed by atoms with Gasteiger partial charge in [-0.05, 0) is 57.8 Å². The van der Waals surface area contributed by atoms with Crippen LogP contribution in [0.15, 0.2) is 11.5 Å². The lowest BCUT2D eigenvalue weighted by molar-refractivity contribution is -0.119. The Hall–Kier alpha value is -1.04. The fraction of sp³-hybridized carbons (Fsp3) is 0.812. The lowest BCUT2D eigenvalue weighted by Gasteiger charge is -2.28. The zero-order chi connectivity index (χ0) is 15.7. The summed E-state index contributed by atoms with van der Waals surface area (Å²) in [5.41, 5.74) is 0. The largest absolute Gasteiger partial charge is 0.353 e. The highest BCUT2D eigenvalue weighted by atomic mass is 32.2. The summed E-state index contributed by atoms with van der Waals surface area (Å²) in [6, 6.07) is 0.611. The summed E-state index contributed by atoms with van der Waals surface area (Å²) in [5.74, 6) is 2.98. The van der Waals surface area contributed by atoms with Gasteiger partial charge in [0.2, 0.25) is 5.91 Å². The normalized spacial score (nSPS) is 28.3. The molecule has 4 unspecified atom stereocenters. The van der Waals surface area contributed by atoms with E-state index >= 15 is 0 Å². The summed E-state index contributed by atoms with van der Waals surface area (Å²) in [6.07, 6.45) is 7.19. The van der Waals surface area contributed by atoms with Crippen LogP contribution in [0.4, 0.5) is 0 Å². The second kappa shape index (κ2) is 6.60. The van der Waals surface area contributed by atoms with Crippen LogP contribution >= 0.6 is 11.8 Å². The van der Waals surface area contributed by atoms with E-state index in [0.717, 1.165) is 17.0 Å². The Morgan fingerprint density at radius 2 is 2.23 bits per heavy atom. The van der Waals surface area contributed by atoms with E-state index in [1.807, 2.05) is 4.57 Å². The molecule has 2 saturated carbocycles. The molecular weight excluding hydrogens is 296 g/mol. The van der Waals surface area contributed by atoms with Crippen LogP contribution in [0.1, 0.15) is 52.5 Å². The predicted octanol–water partition coefficient (Wildman–Crippen LogP) is 2.89. The summed E-state index contributed by atoms with van der Waals surface area (Å²) < 4.78 is 2.00. The van der Waals surface area contributed by atoms with Gasteiger partial charge >= 0.3 is 0 Å². The van der Waals surface area contributed by atoms with E-state index in [0.29, 0.717) is 23.8 Å². The molecule has 0 aromatic carbocycles. The summed E-state index contributed by atoms with van der Waals surface area (Å²) in [4.78, 5) is 12.2. The maximum absolute atomic E-state index is 12.2. The maximum Gasteiger partial charge on any atom is 0.230 e. The quantitative estimate of drug-likeness (QED) is 0.818. The molecule has 1 amide bonds. The first kappa shape index (κ1) is 15.8. The van der Waals surface area contributed by atoms with E-state index in [-0.39, 0.29) is 5.91 Å². The second-order valence-corrected chi connectivity index (χ2v) is 8.04. The van der Waals surface area contributed by atoms with Gasteiger partial charge in [0.1, 0.15) is 6.33 Å². The monoisotopic (exact) mass is 322 g/mol. The molecule has 2 aliphatic carbocycles. The van der Waals surface area contributed by atoms with Gasteiger partial charge in [0.25, 0.3) is 0 Å². The number of thioether (sulfide) groups is 1. The first-order chi connectivity index (χ1) is 10.5. The molecule has 4 atom stereocenters. The third-order valence-corrected chi connectivity index (χ3v) is 6.21. The summed E-state index contributed by atoms with van der Waals surface area (Å²) in [6.45, 7) is 6.35. The van der Waals surface area contributed by atoms with Gasteiger partial charge in [-0.2, -0.15) is 0 Å². The van der Waals surface area contributed by atoms with Crippen LogP contribution in [-0.2, 0) is 4.79 Å². The number of amides is 1. The molecule has 1 heterocycles. The number of hydrogen-bond donors (Lipinski definition) is 1. The van der Waals surface area contributed by atoms with Gasteiger partial charge in [-0.25, -0.2) is 0 Å². The third-order valence-electron chi connectivity index (χ3n) is 5.25. The minimum absolute atomic E-state index is 0.110. The van der Waals surface area contributed by atoms with Gasteiger partial charge in [0.05, 0.1) is 5.75 Å². The Labute approximate surface area is 136 Å². The molecule has 2 fully saturated rings. The Morgan fingerprint density at radius 3 is 2.86 bits per heavy atom. The molecule has 1 N–H and O–H groups in total. The fourth-order valence-electron chi connectivity index (χ4n) is 4.13. The minimum atomic E-state index is 0.110. The van der Waals surface area contributed by atoms with E-state index in [4.69, 9.17) is 0 Å². The number of nitrogens with one attached hydrogen (secondary N) is 1. The second-order valence-electron chi connectivity index (χ2n) is 7.10. The van der Waals surface area contributed by atoms with E-state index in [9.17, 15) is 4.79 Å². The topological polar surface area (TPSA) is 59.8 Å². The highest BCUT2D eigenvalue weighted by Crippen LogP contribution is 2.49. The minimum Gasteiger partial charge on any atom is -0.353 e. The van der Waals surface area contributed by atoms with Crippen LogP contribution in [0, 0.1) is 17.8 Å². The maximum atomic E-state index is 12.2. The molecule has 0 aliphatic heterocycles. The number of rotatable bonds is 6. The number of aromatic nitrogens is 3. The molecule has 0 radical (unpaired) electrons. The predicted molar refractivity (Wildman–Crippen MR) is 87.7 cm³/mol. The molecule has 5 nitrogen and oxygen atoms in total. The van der Waals surface area contributed by atoms with E-state index in [1.165, 1.54) is 37.4 Å². The molecule has 0 spiro atoms. The zero-order valence-corrected chi connectivity index (χ0v) is 14.5. The van der Waals surface area contributed by atoms with E-state index in [1.54, 1.807) is 6.33 Å². The summed E-state index contributed by atoms with van der Waals surface area (Å²) in [5, 5.41) is 12.0. The van der Waals surface area contributed by atoms with Gasteiger partial charge in [0.15, 0.2) is 5.16 Å². The Bertz CT molecular complexity index is 530. The molecule has 0 saturated heterocycles. The SMILES string of the molecule is CC(NC(=O)CSc1nncn1C(C)C)C1CC2CCC1C2. The van der Waals surface area contributed by atoms with Gasteiger partial charge in [-0.1, -0.05) is 18.2 Å². The number of fused-ring (bicyclic) bond motifs is 2. The third kappa shape index (κ3) is 3.31. The first-order valence-corrected chi connectivity index (χ1v) is 9.34. The van der Waals surface area contributed by atoms with Crippen molar-refractivity contribution in [3.63, 3.8) is 0 Å². The van der Waals surface area contributed by atoms with Crippen molar-refractivity contribution >= 4 is 17.7 Å². The first-order valence-electron chi connectivity index (χ1n) is 8.36. The molecule has 6 heteroatoms.